The summed E-state index contributed by atoms with van der Waals surface area (Å²) < 4.78 is 11.5. The first kappa shape index (κ1) is 15.6. The number of rotatable bonds is 4. The molecule has 0 radical (unpaired) electrons. The predicted molar refractivity (Wildman–Crippen MR) is 83.8 cm³/mol. The standard InChI is InChI=1S/C18H26O4/c19-17(11-3-1-4-12-17)21-15-7-9-16(10-8-15)22-18(20)13-5-2-6-14-18/h7-10,19-20H,1-6,11-14H2. The first-order chi connectivity index (χ1) is 10.6. The number of aliphatic hydroxyl groups is 2. The zero-order valence-corrected chi connectivity index (χ0v) is 13.1. The molecule has 122 valence electrons. The molecule has 2 N–H and O–H groups in total. The molecule has 0 saturated heterocycles. The van der Waals surface area contributed by atoms with Crippen LogP contribution < -0.4 is 9.47 Å². The van der Waals surface area contributed by atoms with Gasteiger partial charge in [0.2, 0.25) is 11.6 Å². The van der Waals surface area contributed by atoms with Crippen LogP contribution >= 0.6 is 0 Å². The van der Waals surface area contributed by atoms with Gasteiger partial charge < -0.3 is 19.7 Å². The van der Waals surface area contributed by atoms with Gasteiger partial charge >= 0.3 is 0 Å². The molecule has 2 saturated carbocycles. The Bertz CT molecular complexity index is 425. The van der Waals surface area contributed by atoms with Gasteiger partial charge in [-0.15, -0.1) is 0 Å². The van der Waals surface area contributed by atoms with E-state index in [4.69, 9.17) is 9.47 Å². The van der Waals surface area contributed by atoms with Gasteiger partial charge in [-0.1, -0.05) is 12.8 Å². The highest BCUT2D eigenvalue weighted by Crippen LogP contribution is 2.34. The average Bonchev–Trinajstić information content (AvgIpc) is 2.50. The molecule has 4 heteroatoms. The molecule has 3 rings (SSSR count). The highest BCUT2D eigenvalue weighted by atomic mass is 16.6. The van der Waals surface area contributed by atoms with Crippen molar-refractivity contribution < 1.29 is 19.7 Å². The Kier molecular flexibility index (Phi) is 4.59. The third-order valence-corrected chi connectivity index (χ3v) is 4.71. The minimum absolute atomic E-state index is 0.646. The Labute approximate surface area is 132 Å². The highest BCUT2D eigenvalue weighted by Gasteiger charge is 2.32. The van der Waals surface area contributed by atoms with Crippen molar-refractivity contribution in [2.24, 2.45) is 0 Å². The molecule has 0 bridgehead atoms. The minimum Gasteiger partial charge on any atom is -0.463 e. The van der Waals surface area contributed by atoms with Gasteiger partial charge in [0, 0.05) is 25.7 Å². The largest absolute Gasteiger partial charge is 0.463 e. The first-order valence-corrected chi connectivity index (χ1v) is 8.50. The van der Waals surface area contributed by atoms with Gasteiger partial charge in [0.25, 0.3) is 0 Å². The monoisotopic (exact) mass is 306 g/mol. The van der Waals surface area contributed by atoms with E-state index >= 15 is 0 Å². The average molecular weight is 306 g/mol. The second-order valence-electron chi connectivity index (χ2n) is 6.69. The fraction of sp³-hybridized carbons (Fsp3) is 0.667. The summed E-state index contributed by atoms with van der Waals surface area (Å²) in [5.74, 6) is -0.760. The fourth-order valence-corrected chi connectivity index (χ4v) is 3.43. The molecule has 0 amide bonds. The van der Waals surface area contributed by atoms with Gasteiger partial charge in [-0.05, 0) is 49.9 Å². The van der Waals surface area contributed by atoms with Crippen LogP contribution in [0.2, 0.25) is 0 Å². The normalized spacial score (nSPS) is 23.7. The maximum atomic E-state index is 10.4. The van der Waals surface area contributed by atoms with E-state index in [0.717, 1.165) is 38.5 Å². The molecular formula is C18H26O4. The van der Waals surface area contributed by atoms with Crippen LogP contribution in [-0.2, 0) is 0 Å². The van der Waals surface area contributed by atoms with Gasteiger partial charge in [0.05, 0.1) is 0 Å². The third-order valence-electron chi connectivity index (χ3n) is 4.71. The van der Waals surface area contributed by atoms with Gasteiger partial charge in [0.15, 0.2) is 0 Å². The summed E-state index contributed by atoms with van der Waals surface area (Å²) in [5.41, 5.74) is 0. The molecule has 0 heterocycles. The van der Waals surface area contributed by atoms with Crippen LogP contribution in [0.5, 0.6) is 11.5 Å². The SMILES string of the molecule is OC1(Oc2ccc(OC3(O)CCCCC3)cc2)CCCCC1. The Hall–Kier alpha value is -1.26. The molecule has 1 aromatic carbocycles. The van der Waals surface area contributed by atoms with Crippen molar-refractivity contribution in [1.82, 2.24) is 0 Å². The van der Waals surface area contributed by atoms with Gasteiger partial charge in [-0.2, -0.15) is 0 Å². The summed E-state index contributed by atoms with van der Waals surface area (Å²) in [6.07, 6.45) is 9.09. The van der Waals surface area contributed by atoms with Crippen LogP contribution in [-0.4, -0.2) is 21.8 Å². The second-order valence-corrected chi connectivity index (χ2v) is 6.69. The Morgan fingerprint density at radius 3 is 1.23 bits per heavy atom. The fourth-order valence-electron chi connectivity index (χ4n) is 3.43. The molecule has 0 unspecified atom stereocenters. The van der Waals surface area contributed by atoms with Crippen molar-refractivity contribution in [3.05, 3.63) is 24.3 Å². The molecule has 0 aliphatic heterocycles. The van der Waals surface area contributed by atoms with Crippen molar-refractivity contribution in [2.75, 3.05) is 0 Å². The number of benzene rings is 1. The zero-order valence-electron chi connectivity index (χ0n) is 13.1. The lowest BCUT2D eigenvalue weighted by Crippen LogP contribution is -2.38. The third kappa shape index (κ3) is 3.93. The molecule has 0 atom stereocenters. The summed E-state index contributed by atoms with van der Waals surface area (Å²) in [6.45, 7) is 0. The van der Waals surface area contributed by atoms with E-state index in [1.807, 2.05) is 0 Å². The van der Waals surface area contributed by atoms with E-state index in [9.17, 15) is 10.2 Å². The van der Waals surface area contributed by atoms with Crippen LogP contribution in [0, 0.1) is 0 Å². The van der Waals surface area contributed by atoms with Crippen molar-refractivity contribution in [3.63, 3.8) is 0 Å². The number of hydrogen-bond donors (Lipinski definition) is 2. The van der Waals surface area contributed by atoms with Crippen molar-refractivity contribution in [2.45, 2.75) is 75.8 Å². The molecule has 2 aliphatic carbocycles. The molecule has 4 nitrogen and oxygen atoms in total. The topological polar surface area (TPSA) is 58.9 Å². The second kappa shape index (κ2) is 6.47. The van der Waals surface area contributed by atoms with E-state index in [1.165, 1.54) is 0 Å². The van der Waals surface area contributed by atoms with Crippen LogP contribution in [0.4, 0.5) is 0 Å². The van der Waals surface area contributed by atoms with Crippen LogP contribution in [0.3, 0.4) is 0 Å². The maximum absolute atomic E-state index is 10.4. The molecule has 22 heavy (non-hydrogen) atoms. The Morgan fingerprint density at radius 1 is 0.591 bits per heavy atom. The predicted octanol–water partition coefficient (Wildman–Crippen LogP) is 3.75. The number of ether oxygens (including phenoxy) is 2. The van der Waals surface area contributed by atoms with Gasteiger partial charge in [-0.25, -0.2) is 0 Å². The molecule has 0 aromatic heterocycles. The van der Waals surface area contributed by atoms with E-state index < -0.39 is 11.6 Å². The lowest BCUT2D eigenvalue weighted by molar-refractivity contribution is -0.161. The van der Waals surface area contributed by atoms with E-state index in [1.54, 1.807) is 24.3 Å². The van der Waals surface area contributed by atoms with Crippen LogP contribution in [0.1, 0.15) is 64.2 Å². The van der Waals surface area contributed by atoms with Crippen molar-refractivity contribution in [3.8, 4) is 11.5 Å². The van der Waals surface area contributed by atoms with Gasteiger partial charge in [-0.3, -0.25) is 0 Å². The smallest absolute Gasteiger partial charge is 0.208 e. The molecule has 1 aromatic rings. The zero-order chi connectivity index (χ0) is 15.5. The van der Waals surface area contributed by atoms with E-state index in [0.29, 0.717) is 37.2 Å². The lowest BCUT2D eigenvalue weighted by atomic mass is 9.94. The Balaban J connectivity index is 1.60. The summed E-state index contributed by atoms with van der Waals surface area (Å²) in [7, 11) is 0. The lowest BCUT2D eigenvalue weighted by Gasteiger charge is -2.33. The summed E-state index contributed by atoms with van der Waals surface area (Å²) >= 11 is 0. The minimum atomic E-state index is -1.03. The molecular weight excluding hydrogens is 280 g/mol. The van der Waals surface area contributed by atoms with Crippen LogP contribution in [0.25, 0.3) is 0 Å². The summed E-state index contributed by atoms with van der Waals surface area (Å²) in [5, 5.41) is 20.8. The Morgan fingerprint density at radius 2 is 0.909 bits per heavy atom. The first-order valence-electron chi connectivity index (χ1n) is 8.50. The summed E-state index contributed by atoms with van der Waals surface area (Å²) in [4.78, 5) is 0. The van der Waals surface area contributed by atoms with Crippen molar-refractivity contribution >= 4 is 0 Å². The molecule has 2 fully saturated rings. The van der Waals surface area contributed by atoms with Crippen molar-refractivity contribution in [1.29, 1.82) is 0 Å². The number of hydrogen-bond acceptors (Lipinski definition) is 4. The molecule has 0 spiro atoms. The van der Waals surface area contributed by atoms with E-state index in [2.05, 4.69) is 0 Å². The maximum Gasteiger partial charge on any atom is 0.208 e. The highest BCUT2D eigenvalue weighted by molar-refractivity contribution is 5.32. The van der Waals surface area contributed by atoms with Gasteiger partial charge in [0.1, 0.15) is 11.5 Å². The molecule has 2 aliphatic rings. The van der Waals surface area contributed by atoms with E-state index in [-0.39, 0.29) is 0 Å². The van der Waals surface area contributed by atoms with Crippen LogP contribution in [0.15, 0.2) is 24.3 Å². The summed E-state index contributed by atoms with van der Waals surface area (Å²) in [6, 6.07) is 7.20. The quantitative estimate of drug-likeness (QED) is 0.832.